The first-order valence-electron chi connectivity index (χ1n) is 10.4. The second-order valence-electron chi connectivity index (χ2n) is 7.86. The van der Waals surface area contributed by atoms with E-state index in [1.807, 2.05) is 67.6 Å². The molecule has 0 unspecified atom stereocenters. The zero-order valence-electron chi connectivity index (χ0n) is 17.1. The number of anilines is 1. The fourth-order valence-electron chi connectivity index (χ4n) is 4.07. The van der Waals surface area contributed by atoms with E-state index < -0.39 is 0 Å². The molecule has 4 rings (SSSR count). The third-order valence-corrected chi connectivity index (χ3v) is 5.69. The van der Waals surface area contributed by atoms with Gasteiger partial charge in [-0.05, 0) is 35.7 Å². The molecule has 4 heteroatoms. The second-order valence-corrected chi connectivity index (χ2v) is 7.86. The minimum atomic E-state index is -0.329. The minimum absolute atomic E-state index is 0.00317. The molecule has 0 aromatic heterocycles. The molecule has 1 fully saturated rings. The molecule has 0 saturated carbocycles. The van der Waals surface area contributed by atoms with Crippen LogP contribution in [0.1, 0.15) is 29.0 Å². The molecule has 1 N–H and O–H groups in total. The van der Waals surface area contributed by atoms with Gasteiger partial charge >= 0.3 is 0 Å². The van der Waals surface area contributed by atoms with E-state index in [1.165, 1.54) is 0 Å². The lowest BCUT2D eigenvalue weighted by molar-refractivity contribution is -0.126. The summed E-state index contributed by atoms with van der Waals surface area (Å²) in [6.45, 7) is 2.93. The van der Waals surface area contributed by atoms with Crippen molar-refractivity contribution in [3.05, 3.63) is 102 Å². The van der Waals surface area contributed by atoms with Gasteiger partial charge in [-0.15, -0.1) is 0 Å². The van der Waals surface area contributed by atoms with Gasteiger partial charge < -0.3 is 10.2 Å². The number of carbonyl (C=O) groups is 2. The molecule has 2 amide bonds. The van der Waals surface area contributed by atoms with Crippen LogP contribution in [-0.4, -0.2) is 24.9 Å². The number of hydrogen-bond donors (Lipinski definition) is 1. The number of nitrogens with zero attached hydrogens (tertiary/aromatic N) is 1. The molecule has 0 aliphatic carbocycles. The number of hydrogen-bond acceptors (Lipinski definition) is 2. The van der Waals surface area contributed by atoms with E-state index in [9.17, 15) is 9.59 Å². The Kier molecular flexibility index (Phi) is 5.94. The maximum atomic E-state index is 12.9. The molecule has 0 spiro atoms. The van der Waals surface area contributed by atoms with Crippen LogP contribution >= 0.6 is 0 Å². The summed E-state index contributed by atoms with van der Waals surface area (Å²) in [5.74, 6) is -0.315. The molecule has 1 atom stereocenters. The third kappa shape index (κ3) is 4.43. The fourth-order valence-corrected chi connectivity index (χ4v) is 4.07. The Bertz CT molecular complexity index is 978. The molecule has 1 saturated heterocycles. The smallest absolute Gasteiger partial charge is 0.227 e. The maximum absolute atomic E-state index is 12.9. The molecule has 152 valence electrons. The molecule has 1 aliphatic rings. The lowest BCUT2D eigenvalue weighted by Gasteiger charge is -2.20. The Morgan fingerprint density at radius 1 is 0.967 bits per heavy atom. The number of nitrogens with one attached hydrogen (secondary N) is 1. The monoisotopic (exact) mass is 398 g/mol. The SMILES string of the molecule is Cc1cccc(N2C[C@@H](C(=O)NCC(c3ccccc3)c3ccccc3)CC2=O)c1. The Hall–Kier alpha value is -3.40. The molecule has 0 bridgehead atoms. The lowest BCUT2D eigenvalue weighted by atomic mass is 9.91. The summed E-state index contributed by atoms with van der Waals surface area (Å²) in [5, 5.41) is 3.11. The van der Waals surface area contributed by atoms with E-state index in [0.717, 1.165) is 22.4 Å². The summed E-state index contributed by atoms with van der Waals surface area (Å²) in [6, 6.07) is 28.2. The topological polar surface area (TPSA) is 49.4 Å². The van der Waals surface area contributed by atoms with Crippen LogP contribution < -0.4 is 10.2 Å². The van der Waals surface area contributed by atoms with Gasteiger partial charge in [0.25, 0.3) is 0 Å². The van der Waals surface area contributed by atoms with E-state index >= 15 is 0 Å². The first-order chi connectivity index (χ1) is 14.6. The molecule has 1 heterocycles. The van der Waals surface area contributed by atoms with Gasteiger partial charge in [-0.2, -0.15) is 0 Å². The van der Waals surface area contributed by atoms with Crippen LogP contribution in [0.5, 0.6) is 0 Å². The number of carbonyl (C=O) groups excluding carboxylic acids is 2. The van der Waals surface area contributed by atoms with Crippen LogP contribution in [-0.2, 0) is 9.59 Å². The van der Waals surface area contributed by atoms with Crippen molar-refractivity contribution in [2.45, 2.75) is 19.3 Å². The van der Waals surface area contributed by atoms with E-state index in [-0.39, 0.29) is 30.1 Å². The van der Waals surface area contributed by atoms with Crippen LogP contribution in [0.2, 0.25) is 0 Å². The largest absolute Gasteiger partial charge is 0.355 e. The summed E-state index contributed by atoms with van der Waals surface area (Å²) in [6.07, 6.45) is 0.251. The van der Waals surface area contributed by atoms with Crippen molar-refractivity contribution < 1.29 is 9.59 Å². The third-order valence-electron chi connectivity index (χ3n) is 5.69. The molecular weight excluding hydrogens is 372 g/mol. The quantitative estimate of drug-likeness (QED) is 0.673. The zero-order chi connectivity index (χ0) is 20.9. The van der Waals surface area contributed by atoms with Gasteiger partial charge in [0, 0.05) is 31.1 Å². The average Bonchev–Trinajstić information content (AvgIpc) is 3.17. The van der Waals surface area contributed by atoms with Crippen LogP contribution in [0.3, 0.4) is 0 Å². The molecule has 30 heavy (non-hydrogen) atoms. The van der Waals surface area contributed by atoms with E-state index in [2.05, 4.69) is 29.6 Å². The molecule has 3 aromatic carbocycles. The highest BCUT2D eigenvalue weighted by Gasteiger charge is 2.35. The van der Waals surface area contributed by atoms with E-state index in [4.69, 9.17) is 0 Å². The van der Waals surface area contributed by atoms with Crippen molar-refractivity contribution in [1.82, 2.24) is 5.32 Å². The van der Waals surface area contributed by atoms with E-state index in [1.54, 1.807) is 4.90 Å². The van der Waals surface area contributed by atoms with Crippen LogP contribution in [0, 0.1) is 12.8 Å². The predicted octanol–water partition coefficient (Wildman–Crippen LogP) is 4.30. The Morgan fingerprint density at radius 2 is 1.60 bits per heavy atom. The number of aryl methyl sites for hydroxylation is 1. The van der Waals surface area contributed by atoms with Gasteiger partial charge in [-0.3, -0.25) is 9.59 Å². The summed E-state index contributed by atoms with van der Waals surface area (Å²) in [4.78, 5) is 27.2. The number of amides is 2. The number of benzene rings is 3. The lowest BCUT2D eigenvalue weighted by Crippen LogP contribution is -2.35. The highest BCUT2D eigenvalue weighted by Crippen LogP contribution is 2.27. The van der Waals surface area contributed by atoms with Crippen molar-refractivity contribution in [2.75, 3.05) is 18.0 Å². The van der Waals surface area contributed by atoms with Crippen molar-refractivity contribution in [3.63, 3.8) is 0 Å². The molecular formula is C26H26N2O2. The summed E-state index contributed by atoms with van der Waals surface area (Å²) >= 11 is 0. The van der Waals surface area contributed by atoms with Crippen LogP contribution in [0.25, 0.3) is 0 Å². The summed E-state index contributed by atoms with van der Waals surface area (Å²) in [7, 11) is 0. The zero-order valence-corrected chi connectivity index (χ0v) is 17.1. The van der Waals surface area contributed by atoms with Crippen molar-refractivity contribution in [3.8, 4) is 0 Å². The van der Waals surface area contributed by atoms with Crippen molar-refractivity contribution in [2.24, 2.45) is 5.92 Å². The summed E-state index contributed by atoms with van der Waals surface area (Å²) in [5.41, 5.74) is 4.28. The predicted molar refractivity (Wildman–Crippen MR) is 119 cm³/mol. The molecule has 1 aliphatic heterocycles. The van der Waals surface area contributed by atoms with Gasteiger partial charge in [0.05, 0.1) is 5.92 Å². The first-order valence-corrected chi connectivity index (χ1v) is 10.4. The van der Waals surface area contributed by atoms with Crippen molar-refractivity contribution in [1.29, 1.82) is 0 Å². The molecule has 0 radical (unpaired) electrons. The first kappa shape index (κ1) is 19.9. The van der Waals surface area contributed by atoms with Gasteiger partial charge in [-0.25, -0.2) is 0 Å². The van der Waals surface area contributed by atoms with E-state index in [0.29, 0.717) is 13.1 Å². The molecule has 4 nitrogen and oxygen atoms in total. The standard InChI is InChI=1S/C26H26N2O2/c1-19-9-8-14-23(15-19)28-18-22(16-25(28)29)26(30)27-17-24(20-10-4-2-5-11-20)21-12-6-3-7-13-21/h2-15,22,24H,16-18H2,1H3,(H,27,30)/t22-/m0/s1. The Morgan fingerprint density at radius 3 is 2.20 bits per heavy atom. The average molecular weight is 399 g/mol. The minimum Gasteiger partial charge on any atom is -0.355 e. The summed E-state index contributed by atoms with van der Waals surface area (Å²) < 4.78 is 0. The van der Waals surface area contributed by atoms with Gasteiger partial charge in [0.2, 0.25) is 11.8 Å². The van der Waals surface area contributed by atoms with Gasteiger partial charge in [-0.1, -0.05) is 72.8 Å². The number of rotatable bonds is 6. The highest BCUT2D eigenvalue weighted by molar-refractivity contribution is 6.00. The van der Waals surface area contributed by atoms with Crippen LogP contribution in [0.15, 0.2) is 84.9 Å². The maximum Gasteiger partial charge on any atom is 0.227 e. The van der Waals surface area contributed by atoms with Crippen molar-refractivity contribution >= 4 is 17.5 Å². The normalized spacial score (nSPS) is 16.1. The Labute approximate surface area is 177 Å². The Balaban J connectivity index is 1.45. The van der Waals surface area contributed by atoms with Crippen LogP contribution in [0.4, 0.5) is 5.69 Å². The second kappa shape index (κ2) is 8.95. The van der Waals surface area contributed by atoms with Gasteiger partial charge in [0.1, 0.15) is 0 Å². The fraction of sp³-hybridized carbons (Fsp3) is 0.231. The van der Waals surface area contributed by atoms with Gasteiger partial charge in [0.15, 0.2) is 0 Å². The molecule has 3 aromatic rings. The highest BCUT2D eigenvalue weighted by atomic mass is 16.2.